The molecule has 28 heavy (non-hydrogen) atoms. The Morgan fingerprint density at radius 3 is 2.25 bits per heavy atom. The number of carbonyl (C=O) groups is 3. The lowest BCUT2D eigenvalue weighted by Crippen LogP contribution is -2.57. The molecule has 0 radical (unpaired) electrons. The van der Waals surface area contributed by atoms with Crippen molar-refractivity contribution >= 4 is 17.7 Å². The predicted molar refractivity (Wildman–Crippen MR) is 107 cm³/mol. The molecule has 1 aliphatic carbocycles. The summed E-state index contributed by atoms with van der Waals surface area (Å²) in [6.07, 6.45) is 7.37. The Hall–Kier alpha value is -2.17. The van der Waals surface area contributed by atoms with Gasteiger partial charge in [-0.25, -0.2) is 0 Å². The van der Waals surface area contributed by atoms with E-state index in [9.17, 15) is 14.4 Å². The van der Waals surface area contributed by atoms with E-state index in [2.05, 4.69) is 0 Å². The molecule has 2 fully saturated rings. The van der Waals surface area contributed by atoms with Gasteiger partial charge in [-0.05, 0) is 56.1 Å². The maximum Gasteiger partial charge on any atom is 0.262 e. The van der Waals surface area contributed by atoms with Crippen molar-refractivity contribution in [2.24, 2.45) is 11.8 Å². The molecule has 2 aliphatic heterocycles. The van der Waals surface area contributed by atoms with Crippen LogP contribution in [0.5, 0.6) is 0 Å². The summed E-state index contributed by atoms with van der Waals surface area (Å²) in [4.78, 5) is 43.0. The number of amides is 3. The van der Waals surface area contributed by atoms with Crippen LogP contribution >= 0.6 is 0 Å². The minimum Gasteiger partial charge on any atom is -0.338 e. The maximum absolute atomic E-state index is 13.7. The van der Waals surface area contributed by atoms with Gasteiger partial charge in [-0.3, -0.25) is 19.3 Å². The summed E-state index contributed by atoms with van der Waals surface area (Å²) in [6.45, 7) is 4.83. The molecule has 5 heteroatoms. The van der Waals surface area contributed by atoms with Gasteiger partial charge in [0.15, 0.2) is 0 Å². The fourth-order valence-electron chi connectivity index (χ4n) is 5.34. The highest BCUT2D eigenvalue weighted by molar-refractivity contribution is 6.22. The summed E-state index contributed by atoms with van der Waals surface area (Å²) < 4.78 is 0. The predicted octanol–water partition coefficient (Wildman–Crippen LogP) is 3.88. The van der Waals surface area contributed by atoms with Crippen LogP contribution in [0.15, 0.2) is 24.3 Å². The molecular weight excluding hydrogens is 352 g/mol. The zero-order valence-electron chi connectivity index (χ0n) is 16.9. The molecule has 3 unspecified atom stereocenters. The molecule has 0 bridgehead atoms. The second-order valence-corrected chi connectivity index (χ2v) is 8.96. The monoisotopic (exact) mass is 382 g/mol. The highest BCUT2D eigenvalue weighted by atomic mass is 16.2. The first-order valence-corrected chi connectivity index (χ1v) is 10.8. The first kappa shape index (κ1) is 19.2. The van der Waals surface area contributed by atoms with Gasteiger partial charge in [0.05, 0.1) is 11.1 Å². The SMILES string of the molecule is CC(C)CC(C(=O)N1CCCC2CCCCC21)N1C(=O)c2ccccc2C1=O. The van der Waals surface area contributed by atoms with Crippen molar-refractivity contribution in [1.29, 1.82) is 0 Å². The zero-order chi connectivity index (χ0) is 19.8. The summed E-state index contributed by atoms with van der Waals surface area (Å²) in [5, 5.41) is 0. The van der Waals surface area contributed by atoms with E-state index in [1.165, 1.54) is 24.2 Å². The Kier molecular flexibility index (Phi) is 5.26. The molecule has 0 N–H and O–H groups in total. The summed E-state index contributed by atoms with van der Waals surface area (Å²) in [6, 6.07) is 6.48. The number of rotatable bonds is 4. The van der Waals surface area contributed by atoms with Crippen molar-refractivity contribution in [2.45, 2.75) is 70.9 Å². The van der Waals surface area contributed by atoms with Gasteiger partial charge in [-0.2, -0.15) is 0 Å². The lowest BCUT2D eigenvalue weighted by molar-refractivity contribution is -0.142. The number of hydrogen-bond donors (Lipinski definition) is 0. The fraction of sp³-hybridized carbons (Fsp3) is 0.609. The smallest absolute Gasteiger partial charge is 0.262 e. The van der Waals surface area contributed by atoms with Crippen LogP contribution in [-0.2, 0) is 4.79 Å². The molecule has 3 atom stereocenters. The Labute approximate surface area is 167 Å². The fourth-order valence-corrected chi connectivity index (χ4v) is 5.34. The van der Waals surface area contributed by atoms with E-state index < -0.39 is 6.04 Å². The molecule has 1 aromatic rings. The van der Waals surface area contributed by atoms with Crippen molar-refractivity contribution < 1.29 is 14.4 Å². The number of nitrogens with zero attached hydrogens (tertiary/aromatic N) is 2. The third-order valence-corrected chi connectivity index (χ3v) is 6.64. The lowest BCUT2D eigenvalue weighted by Gasteiger charge is -2.46. The first-order valence-electron chi connectivity index (χ1n) is 10.8. The molecule has 3 amide bonds. The number of fused-ring (bicyclic) bond motifs is 2. The Bertz CT molecular complexity index is 751. The van der Waals surface area contributed by atoms with Crippen molar-refractivity contribution in [1.82, 2.24) is 9.80 Å². The Balaban J connectivity index is 1.64. The van der Waals surface area contributed by atoms with Crippen molar-refractivity contribution in [3.05, 3.63) is 35.4 Å². The summed E-state index contributed by atoms with van der Waals surface area (Å²) >= 11 is 0. The van der Waals surface area contributed by atoms with Crippen LogP contribution in [0.3, 0.4) is 0 Å². The second-order valence-electron chi connectivity index (χ2n) is 8.96. The third kappa shape index (κ3) is 3.25. The number of benzene rings is 1. The number of carbonyl (C=O) groups excluding carboxylic acids is 3. The van der Waals surface area contributed by atoms with Gasteiger partial charge in [0, 0.05) is 12.6 Å². The molecule has 3 aliphatic rings. The summed E-state index contributed by atoms with van der Waals surface area (Å²) in [5.74, 6) is 0.118. The van der Waals surface area contributed by atoms with E-state index in [1.54, 1.807) is 24.3 Å². The van der Waals surface area contributed by atoms with E-state index in [4.69, 9.17) is 0 Å². The summed E-state index contributed by atoms with van der Waals surface area (Å²) in [7, 11) is 0. The largest absolute Gasteiger partial charge is 0.338 e. The van der Waals surface area contributed by atoms with Crippen LogP contribution in [0, 0.1) is 11.8 Å². The second kappa shape index (κ2) is 7.69. The van der Waals surface area contributed by atoms with Gasteiger partial charge in [0.1, 0.15) is 6.04 Å². The molecular formula is C23H30N2O3. The average molecular weight is 383 g/mol. The Morgan fingerprint density at radius 2 is 1.61 bits per heavy atom. The van der Waals surface area contributed by atoms with Crippen LogP contribution in [0.2, 0.25) is 0 Å². The average Bonchev–Trinajstić information content (AvgIpc) is 2.96. The van der Waals surface area contributed by atoms with Crippen molar-refractivity contribution in [3.8, 4) is 0 Å². The standard InChI is InChI=1S/C23H30N2O3/c1-15(2)14-20(25-21(26)17-10-4-5-11-18(17)22(25)27)23(28)24-13-7-9-16-8-3-6-12-19(16)24/h4-5,10-11,15-16,19-20H,3,6-9,12-14H2,1-2H3. The van der Waals surface area contributed by atoms with Crippen LogP contribution in [0.4, 0.5) is 0 Å². The van der Waals surface area contributed by atoms with Gasteiger partial charge >= 0.3 is 0 Å². The van der Waals surface area contributed by atoms with E-state index >= 15 is 0 Å². The van der Waals surface area contributed by atoms with Crippen LogP contribution in [0.1, 0.15) is 79.5 Å². The Morgan fingerprint density at radius 1 is 1.00 bits per heavy atom. The van der Waals surface area contributed by atoms with E-state index in [0.29, 0.717) is 23.5 Å². The van der Waals surface area contributed by atoms with Crippen molar-refractivity contribution in [2.75, 3.05) is 6.54 Å². The number of imide groups is 1. The number of likely N-dealkylation sites (tertiary alicyclic amines) is 1. The lowest BCUT2D eigenvalue weighted by atomic mass is 9.78. The molecule has 0 spiro atoms. The van der Waals surface area contributed by atoms with Crippen LogP contribution in [0.25, 0.3) is 0 Å². The van der Waals surface area contributed by atoms with E-state index in [-0.39, 0.29) is 29.7 Å². The topological polar surface area (TPSA) is 57.7 Å². The number of piperidine rings is 1. The van der Waals surface area contributed by atoms with Crippen molar-refractivity contribution in [3.63, 3.8) is 0 Å². The molecule has 1 aromatic carbocycles. The molecule has 150 valence electrons. The van der Waals surface area contributed by atoms with Crippen LogP contribution < -0.4 is 0 Å². The van der Waals surface area contributed by atoms with Gasteiger partial charge in [0.2, 0.25) is 5.91 Å². The molecule has 0 aromatic heterocycles. The zero-order valence-corrected chi connectivity index (χ0v) is 16.9. The highest BCUT2D eigenvalue weighted by Crippen LogP contribution is 2.37. The summed E-state index contributed by atoms with van der Waals surface area (Å²) in [5.41, 5.74) is 0.839. The molecule has 5 nitrogen and oxygen atoms in total. The van der Waals surface area contributed by atoms with Gasteiger partial charge in [-0.1, -0.05) is 38.8 Å². The minimum absolute atomic E-state index is 0.0280. The minimum atomic E-state index is -0.701. The van der Waals surface area contributed by atoms with E-state index in [0.717, 1.165) is 25.8 Å². The normalized spacial score (nSPS) is 25.7. The van der Waals surface area contributed by atoms with E-state index in [1.807, 2.05) is 18.7 Å². The van der Waals surface area contributed by atoms with Gasteiger partial charge < -0.3 is 4.90 Å². The third-order valence-electron chi connectivity index (χ3n) is 6.64. The number of hydrogen-bond acceptors (Lipinski definition) is 3. The van der Waals surface area contributed by atoms with Gasteiger partial charge in [-0.15, -0.1) is 0 Å². The molecule has 2 heterocycles. The highest BCUT2D eigenvalue weighted by Gasteiger charge is 2.46. The molecule has 4 rings (SSSR count). The maximum atomic E-state index is 13.7. The van der Waals surface area contributed by atoms with Gasteiger partial charge in [0.25, 0.3) is 11.8 Å². The quantitative estimate of drug-likeness (QED) is 0.743. The first-order chi connectivity index (χ1) is 13.5. The van der Waals surface area contributed by atoms with Crippen LogP contribution in [-0.4, -0.2) is 46.1 Å². The molecule has 1 saturated heterocycles. The molecule has 1 saturated carbocycles.